The highest BCUT2D eigenvalue weighted by Gasteiger charge is 2.24. The van der Waals surface area contributed by atoms with Crippen molar-refractivity contribution in [3.05, 3.63) is 18.1 Å². The SMILES string of the molecule is Cc1cc(N2CCC(NC(=O)CC3CCCC3)CC2)n2ncnc2n1. The molecule has 2 aromatic heterocycles. The molecule has 7 nitrogen and oxygen atoms in total. The summed E-state index contributed by atoms with van der Waals surface area (Å²) in [6.45, 7) is 3.80. The van der Waals surface area contributed by atoms with E-state index in [-0.39, 0.29) is 5.91 Å². The van der Waals surface area contributed by atoms with Crippen molar-refractivity contribution in [3.63, 3.8) is 0 Å². The quantitative estimate of drug-likeness (QED) is 0.921. The van der Waals surface area contributed by atoms with E-state index in [4.69, 9.17) is 0 Å². The summed E-state index contributed by atoms with van der Waals surface area (Å²) < 4.78 is 1.80. The third-order valence-corrected chi connectivity index (χ3v) is 5.49. The molecule has 4 rings (SSSR count). The van der Waals surface area contributed by atoms with Gasteiger partial charge in [0, 0.05) is 37.3 Å². The van der Waals surface area contributed by atoms with E-state index in [1.54, 1.807) is 10.8 Å². The maximum Gasteiger partial charge on any atom is 0.254 e. The van der Waals surface area contributed by atoms with Crippen LogP contribution in [0.4, 0.5) is 5.82 Å². The monoisotopic (exact) mass is 342 g/mol. The molecule has 1 amide bonds. The van der Waals surface area contributed by atoms with Crippen LogP contribution in [0.5, 0.6) is 0 Å². The van der Waals surface area contributed by atoms with E-state index in [0.717, 1.165) is 37.4 Å². The standard InChI is InChI=1S/C18H26N6O/c1-13-10-17(24-18(21-13)19-12-20-24)23-8-6-15(7-9-23)22-16(25)11-14-4-2-3-5-14/h10,12,14-15H,2-9,11H2,1H3,(H,22,25). The molecule has 0 spiro atoms. The first-order chi connectivity index (χ1) is 12.2. The maximum absolute atomic E-state index is 12.2. The molecule has 3 heterocycles. The Morgan fingerprint density at radius 2 is 2.00 bits per heavy atom. The third kappa shape index (κ3) is 3.60. The first-order valence-corrected chi connectivity index (χ1v) is 9.41. The Morgan fingerprint density at radius 1 is 1.24 bits per heavy atom. The van der Waals surface area contributed by atoms with Crippen LogP contribution in [-0.2, 0) is 4.79 Å². The number of nitrogens with one attached hydrogen (secondary N) is 1. The van der Waals surface area contributed by atoms with E-state index >= 15 is 0 Å². The number of aryl methyl sites for hydroxylation is 1. The van der Waals surface area contributed by atoms with E-state index in [9.17, 15) is 4.79 Å². The van der Waals surface area contributed by atoms with Crippen LogP contribution in [0.2, 0.25) is 0 Å². The van der Waals surface area contributed by atoms with Crippen molar-refractivity contribution in [3.8, 4) is 0 Å². The zero-order chi connectivity index (χ0) is 17.2. The Balaban J connectivity index is 1.34. The lowest BCUT2D eigenvalue weighted by molar-refractivity contribution is -0.122. The van der Waals surface area contributed by atoms with Gasteiger partial charge >= 0.3 is 0 Å². The first kappa shape index (κ1) is 16.3. The number of carbonyl (C=O) groups excluding carboxylic acids is 1. The highest BCUT2D eigenvalue weighted by molar-refractivity contribution is 5.76. The number of amides is 1. The molecular formula is C18H26N6O. The number of anilines is 1. The molecule has 0 atom stereocenters. The molecule has 2 fully saturated rings. The van der Waals surface area contributed by atoms with Crippen LogP contribution in [-0.4, -0.2) is 44.6 Å². The molecule has 0 unspecified atom stereocenters. The van der Waals surface area contributed by atoms with Crippen molar-refractivity contribution in [1.29, 1.82) is 0 Å². The highest BCUT2D eigenvalue weighted by Crippen LogP contribution is 2.27. The Bertz CT molecular complexity index is 743. The van der Waals surface area contributed by atoms with Gasteiger partial charge in [0.1, 0.15) is 12.1 Å². The maximum atomic E-state index is 12.2. The number of nitrogens with zero attached hydrogens (tertiary/aromatic N) is 5. The van der Waals surface area contributed by atoms with Gasteiger partial charge in [-0.15, -0.1) is 0 Å². The van der Waals surface area contributed by atoms with Gasteiger partial charge in [0.05, 0.1) is 0 Å². The van der Waals surface area contributed by atoms with E-state index in [0.29, 0.717) is 24.2 Å². The molecule has 0 bridgehead atoms. The Morgan fingerprint density at radius 3 is 2.76 bits per heavy atom. The molecule has 1 aliphatic heterocycles. The number of hydrogen-bond acceptors (Lipinski definition) is 5. The smallest absolute Gasteiger partial charge is 0.254 e. The minimum atomic E-state index is 0.240. The van der Waals surface area contributed by atoms with Crippen LogP contribution < -0.4 is 10.2 Å². The van der Waals surface area contributed by atoms with Gasteiger partial charge in [-0.1, -0.05) is 12.8 Å². The number of piperidine rings is 1. The van der Waals surface area contributed by atoms with Crippen LogP contribution in [0.1, 0.15) is 50.6 Å². The third-order valence-electron chi connectivity index (χ3n) is 5.49. The summed E-state index contributed by atoms with van der Waals surface area (Å²) >= 11 is 0. The second kappa shape index (κ2) is 6.98. The number of fused-ring (bicyclic) bond motifs is 1. The summed E-state index contributed by atoms with van der Waals surface area (Å²) in [4.78, 5) is 23.2. The molecule has 0 aromatic carbocycles. The normalized spacial score (nSPS) is 19.6. The second-order valence-corrected chi connectivity index (χ2v) is 7.41. The van der Waals surface area contributed by atoms with Gasteiger partial charge in [-0.2, -0.15) is 14.6 Å². The Kier molecular flexibility index (Phi) is 4.55. The van der Waals surface area contributed by atoms with Gasteiger partial charge in [-0.05, 0) is 38.5 Å². The molecule has 2 aliphatic rings. The lowest BCUT2D eigenvalue weighted by Gasteiger charge is -2.34. The van der Waals surface area contributed by atoms with Crippen LogP contribution in [0, 0.1) is 12.8 Å². The van der Waals surface area contributed by atoms with E-state index in [1.165, 1.54) is 25.7 Å². The first-order valence-electron chi connectivity index (χ1n) is 9.41. The highest BCUT2D eigenvalue weighted by atomic mass is 16.1. The van der Waals surface area contributed by atoms with Gasteiger partial charge in [0.25, 0.3) is 5.78 Å². The molecule has 0 radical (unpaired) electrons. The molecule has 25 heavy (non-hydrogen) atoms. The fourth-order valence-electron chi connectivity index (χ4n) is 4.15. The molecule has 2 aromatic rings. The number of carbonyl (C=O) groups is 1. The van der Waals surface area contributed by atoms with Crippen LogP contribution in [0.3, 0.4) is 0 Å². The lowest BCUT2D eigenvalue weighted by atomic mass is 10.0. The van der Waals surface area contributed by atoms with Gasteiger partial charge in [0.2, 0.25) is 5.91 Å². The fraction of sp³-hybridized carbons (Fsp3) is 0.667. The molecule has 1 saturated heterocycles. The van der Waals surface area contributed by atoms with Gasteiger partial charge < -0.3 is 10.2 Å². The lowest BCUT2D eigenvalue weighted by Crippen LogP contribution is -2.45. The van der Waals surface area contributed by atoms with Gasteiger partial charge in [-0.3, -0.25) is 4.79 Å². The predicted molar refractivity (Wildman–Crippen MR) is 95.5 cm³/mol. The molecular weight excluding hydrogens is 316 g/mol. The van der Waals surface area contributed by atoms with Crippen molar-refractivity contribution in [2.24, 2.45) is 5.92 Å². The van der Waals surface area contributed by atoms with Crippen molar-refractivity contribution >= 4 is 17.5 Å². The minimum absolute atomic E-state index is 0.240. The summed E-state index contributed by atoms with van der Waals surface area (Å²) in [7, 11) is 0. The summed E-state index contributed by atoms with van der Waals surface area (Å²) in [5.74, 6) is 2.53. The molecule has 1 saturated carbocycles. The summed E-state index contributed by atoms with van der Waals surface area (Å²) in [5.41, 5.74) is 0.947. The fourth-order valence-corrected chi connectivity index (χ4v) is 4.15. The average molecular weight is 342 g/mol. The van der Waals surface area contributed by atoms with Crippen molar-refractivity contribution in [1.82, 2.24) is 24.9 Å². The van der Waals surface area contributed by atoms with Crippen LogP contribution >= 0.6 is 0 Å². The van der Waals surface area contributed by atoms with Crippen molar-refractivity contribution < 1.29 is 4.79 Å². The summed E-state index contributed by atoms with van der Waals surface area (Å²) in [5, 5.41) is 7.54. The van der Waals surface area contributed by atoms with Crippen LogP contribution in [0.25, 0.3) is 5.78 Å². The Hall–Kier alpha value is -2.18. The summed E-state index contributed by atoms with van der Waals surface area (Å²) in [6.07, 6.45) is 9.21. The van der Waals surface area contributed by atoms with E-state index < -0.39 is 0 Å². The number of hydrogen-bond donors (Lipinski definition) is 1. The second-order valence-electron chi connectivity index (χ2n) is 7.41. The zero-order valence-corrected chi connectivity index (χ0v) is 14.8. The topological polar surface area (TPSA) is 75.4 Å². The predicted octanol–water partition coefficient (Wildman–Crippen LogP) is 2.10. The van der Waals surface area contributed by atoms with Gasteiger partial charge in [0.15, 0.2) is 0 Å². The number of aromatic nitrogens is 4. The van der Waals surface area contributed by atoms with Gasteiger partial charge in [-0.25, -0.2) is 4.98 Å². The molecule has 7 heteroatoms. The average Bonchev–Trinajstić information content (AvgIpc) is 3.26. The van der Waals surface area contributed by atoms with Crippen molar-refractivity contribution in [2.75, 3.05) is 18.0 Å². The van der Waals surface area contributed by atoms with E-state index in [2.05, 4.69) is 31.3 Å². The van der Waals surface area contributed by atoms with Crippen LogP contribution in [0.15, 0.2) is 12.4 Å². The van der Waals surface area contributed by atoms with E-state index in [1.807, 2.05) is 6.92 Å². The number of rotatable bonds is 4. The zero-order valence-electron chi connectivity index (χ0n) is 14.8. The minimum Gasteiger partial charge on any atom is -0.356 e. The van der Waals surface area contributed by atoms with Crippen molar-refractivity contribution in [2.45, 2.75) is 57.9 Å². The Labute approximate surface area is 147 Å². The molecule has 1 N–H and O–H groups in total. The molecule has 134 valence electrons. The largest absolute Gasteiger partial charge is 0.356 e. The molecule has 1 aliphatic carbocycles. The summed E-state index contributed by atoms with van der Waals surface area (Å²) in [6, 6.07) is 2.35.